The molecule has 0 radical (unpaired) electrons. The van der Waals surface area contributed by atoms with E-state index in [1.165, 1.54) is 17.2 Å². The molecule has 0 saturated carbocycles. The number of aryl methyl sites for hydroxylation is 2. The van der Waals surface area contributed by atoms with Crippen molar-refractivity contribution in [2.24, 2.45) is 0 Å². The molecule has 0 saturated heterocycles. The van der Waals surface area contributed by atoms with Crippen LogP contribution in [0.3, 0.4) is 0 Å². The van der Waals surface area contributed by atoms with Gasteiger partial charge >= 0.3 is 0 Å². The van der Waals surface area contributed by atoms with Crippen LogP contribution in [0.15, 0.2) is 36.4 Å². The van der Waals surface area contributed by atoms with E-state index in [1.807, 2.05) is 13.0 Å². The van der Waals surface area contributed by atoms with Gasteiger partial charge in [0.05, 0.1) is 5.69 Å². The summed E-state index contributed by atoms with van der Waals surface area (Å²) in [5.74, 6) is 0.660. The molecule has 0 aliphatic carbocycles. The van der Waals surface area contributed by atoms with Crippen molar-refractivity contribution in [1.82, 2.24) is 0 Å². The van der Waals surface area contributed by atoms with Crippen LogP contribution in [0.4, 0.5) is 10.1 Å². The fourth-order valence-electron chi connectivity index (χ4n) is 2.10. The second kappa shape index (κ2) is 6.42. The number of hydrogen-bond acceptors (Lipinski definition) is 2. The lowest BCUT2D eigenvalue weighted by Gasteiger charge is -2.13. The Balaban J connectivity index is 1.89. The van der Waals surface area contributed by atoms with Gasteiger partial charge < -0.3 is 10.1 Å². The second-order valence-corrected chi connectivity index (χ2v) is 4.96. The van der Waals surface area contributed by atoms with Crippen LogP contribution in [-0.2, 0) is 0 Å². The molecule has 0 heterocycles. The Hall–Kier alpha value is -2.03. The second-order valence-electron chi connectivity index (χ2n) is 4.96. The topological polar surface area (TPSA) is 21.3 Å². The molecule has 106 valence electrons. The summed E-state index contributed by atoms with van der Waals surface area (Å²) < 4.78 is 19.2. The van der Waals surface area contributed by atoms with E-state index in [0.717, 1.165) is 11.3 Å². The van der Waals surface area contributed by atoms with E-state index in [9.17, 15) is 4.39 Å². The normalized spacial score (nSPS) is 10.4. The summed E-state index contributed by atoms with van der Waals surface area (Å²) in [5, 5.41) is 3.03. The molecule has 0 spiro atoms. The fraction of sp³-hybridized carbons (Fsp3) is 0.294. The molecule has 0 amide bonds. The predicted octanol–water partition coefficient (Wildman–Crippen LogP) is 4.24. The molecule has 0 atom stereocenters. The highest BCUT2D eigenvalue weighted by atomic mass is 19.1. The molecule has 0 aliphatic rings. The van der Waals surface area contributed by atoms with Gasteiger partial charge in [0.15, 0.2) is 0 Å². The number of nitrogens with one attached hydrogen (secondary N) is 1. The molecule has 0 unspecified atom stereocenters. The number of benzene rings is 2. The third-order valence-electron chi connectivity index (χ3n) is 3.31. The average Bonchev–Trinajstić information content (AvgIpc) is 2.41. The molecule has 1 N–H and O–H groups in total. The highest BCUT2D eigenvalue weighted by Crippen LogP contribution is 2.23. The Morgan fingerprint density at radius 3 is 2.60 bits per heavy atom. The van der Waals surface area contributed by atoms with Gasteiger partial charge in [0, 0.05) is 6.54 Å². The van der Waals surface area contributed by atoms with Crippen molar-refractivity contribution >= 4 is 5.69 Å². The van der Waals surface area contributed by atoms with Crippen molar-refractivity contribution in [1.29, 1.82) is 0 Å². The van der Waals surface area contributed by atoms with Crippen molar-refractivity contribution in [3.63, 3.8) is 0 Å². The molecule has 2 nitrogen and oxygen atoms in total. The average molecular weight is 273 g/mol. The maximum Gasteiger partial charge on any atom is 0.146 e. The summed E-state index contributed by atoms with van der Waals surface area (Å²) in [6.45, 7) is 7.24. The molecular weight excluding hydrogens is 253 g/mol. The van der Waals surface area contributed by atoms with Gasteiger partial charge in [0.2, 0.25) is 0 Å². The number of ether oxygens (including phenoxy) is 1. The molecular formula is C17H20FNO. The standard InChI is InChI=1S/C17H20FNO/c1-12-10-13(2)14(3)17(11-12)20-9-8-19-16-7-5-4-6-15(16)18/h4-7,10-11,19H,8-9H2,1-3H3. The minimum absolute atomic E-state index is 0.241. The number of hydrogen-bond donors (Lipinski definition) is 1. The Labute approximate surface area is 119 Å². The Kier molecular flexibility index (Phi) is 4.61. The molecule has 2 aromatic carbocycles. The smallest absolute Gasteiger partial charge is 0.146 e. The van der Waals surface area contributed by atoms with Crippen LogP contribution in [0.1, 0.15) is 16.7 Å². The number of para-hydroxylation sites is 1. The molecule has 2 rings (SSSR count). The van der Waals surface area contributed by atoms with Gasteiger partial charge in [0.25, 0.3) is 0 Å². The zero-order chi connectivity index (χ0) is 14.5. The van der Waals surface area contributed by atoms with Crippen LogP contribution in [0, 0.1) is 26.6 Å². The van der Waals surface area contributed by atoms with Crippen LogP contribution in [0.25, 0.3) is 0 Å². The summed E-state index contributed by atoms with van der Waals surface area (Å²) >= 11 is 0. The largest absolute Gasteiger partial charge is 0.491 e. The van der Waals surface area contributed by atoms with Gasteiger partial charge in [-0.2, -0.15) is 0 Å². The van der Waals surface area contributed by atoms with Crippen molar-refractivity contribution < 1.29 is 9.13 Å². The first-order valence-corrected chi connectivity index (χ1v) is 6.77. The van der Waals surface area contributed by atoms with Gasteiger partial charge in [-0.1, -0.05) is 18.2 Å². The zero-order valence-electron chi connectivity index (χ0n) is 12.2. The first kappa shape index (κ1) is 14.4. The van der Waals surface area contributed by atoms with Gasteiger partial charge in [0.1, 0.15) is 18.2 Å². The van der Waals surface area contributed by atoms with Crippen LogP contribution in [-0.4, -0.2) is 13.2 Å². The zero-order valence-corrected chi connectivity index (χ0v) is 12.2. The highest BCUT2D eigenvalue weighted by Gasteiger charge is 2.04. The predicted molar refractivity (Wildman–Crippen MR) is 81.0 cm³/mol. The quantitative estimate of drug-likeness (QED) is 0.823. The third kappa shape index (κ3) is 3.50. The summed E-state index contributed by atoms with van der Waals surface area (Å²) in [6, 6.07) is 10.8. The first-order valence-electron chi connectivity index (χ1n) is 6.77. The van der Waals surface area contributed by atoms with E-state index in [1.54, 1.807) is 18.2 Å². The number of anilines is 1. The summed E-state index contributed by atoms with van der Waals surface area (Å²) in [6.07, 6.45) is 0. The van der Waals surface area contributed by atoms with E-state index in [-0.39, 0.29) is 5.82 Å². The molecule has 20 heavy (non-hydrogen) atoms. The van der Waals surface area contributed by atoms with Crippen LogP contribution < -0.4 is 10.1 Å². The third-order valence-corrected chi connectivity index (χ3v) is 3.31. The minimum atomic E-state index is -0.241. The molecule has 0 aromatic heterocycles. The lowest BCUT2D eigenvalue weighted by Crippen LogP contribution is -2.13. The van der Waals surface area contributed by atoms with Crippen molar-refractivity contribution in [3.05, 3.63) is 58.9 Å². The van der Waals surface area contributed by atoms with E-state index >= 15 is 0 Å². The SMILES string of the molecule is Cc1cc(C)c(C)c(OCCNc2ccccc2F)c1. The molecule has 0 fully saturated rings. The van der Waals surface area contributed by atoms with Crippen LogP contribution in [0.2, 0.25) is 0 Å². The van der Waals surface area contributed by atoms with Gasteiger partial charge in [-0.3, -0.25) is 0 Å². The van der Waals surface area contributed by atoms with Crippen molar-refractivity contribution in [2.45, 2.75) is 20.8 Å². The molecule has 0 bridgehead atoms. The fourth-order valence-corrected chi connectivity index (χ4v) is 2.10. The van der Waals surface area contributed by atoms with E-state index in [0.29, 0.717) is 18.8 Å². The minimum Gasteiger partial charge on any atom is -0.491 e. The van der Waals surface area contributed by atoms with Gasteiger partial charge in [-0.05, 0) is 55.7 Å². The van der Waals surface area contributed by atoms with Crippen LogP contribution in [0.5, 0.6) is 5.75 Å². The van der Waals surface area contributed by atoms with E-state index in [2.05, 4.69) is 25.2 Å². The maximum absolute atomic E-state index is 13.4. The Morgan fingerprint density at radius 2 is 1.85 bits per heavy atom. The van der Waals surface area contributed by atoms with E-state index < -0.39 is 0 Å². The number of rotatable bonds is 5. The lowest BCUT2D eigenvalue weighted by atomic mass is 10.1. The van der Waals surface area contributed by atoms with Crippen LogP contribution >= 0.6 is 0 Å². The molecule has 3 heteroatoms. The molecule has 0 aliphatic heterocycles. The first-order chi connectivity index (χ1) is 9.58. The summed E-state index contributed by atoms with van der Waals surface area (Å²) in [7, 11) is 0. The van der Waals surface area contributed by atoms with Crippen molar-refractivity contribution in [2.75, 3.05) is 18.5 Å². The molecule has 2 aromatic rings. The lowest BCUT2D eigenvalue weighted by molar-refractivity contribution is 0.330. The van der Waals surface area contributed by atoms with Gasteiger partial charge in [-0.15, -0.1) is 0 Å². The van der Waals surface area contributed by atoms with Gasteiger partial charge in [-0.25, -0.2) is 4.39 Å². The highest BCUT2D eigenvalue weighted by molar-refractivity contribution is 5.44. The Morgan fingerprint density at radius 1 is 1.10 bits per heavy atom. The Bertz CT molecular complexity index is 596. The van der Waals surface area contributed by atoms with Crippen molar-refractivity contribution in [3.8, 4) is 5.75 Å². The maximum atomic E-state index is 13.4. The summed E-state index contributed by atoms with van der Waals surface area (Å²) in [4.78, 5) is 0. The number of halogens is 1. The summed E-state index contributed by atoms with van der Waals surface area (Å²) in [5.41, 5.74) is 4.07. The monoisotopic (exact) mass is 273 g/mol. The van der Waals surface area contributed by atoms with E-state index in [4.69, 9.17) is 4.74 Å².